The molecular formula is C24H37N5O7. The Morgan fingerprint density at radius 2 is 1.39 bits per heavy atom. The molecule has 0 bridgehead atoms. The summed E-state index contributed by atoms with van der Waals surface area (Å²) in [6.07, 6.45) is -0.229. The van der Waals surface area contributed by atoms with Gasteiger partial charge in [-0.25, -0.2) is 4.79 Å². The number of hydrogen-bond donors (Lipinski definition) is 7. The number of primary amides is 1. The molecule has 0 aromatic heterocycles. The van der Waals surface area contributed by atoms with Gasteiger partial charge in [-0.2, -0.15) is 0 Å². The molecule has 0 aliphatic heterocycles. The molecule has 9 N–H and O–H groups in total. The Bertz CT molecular complexity index is 933. The SMILES string of the molecule is CC(C)CC(NC(=O)C(Cc1ccc(O)cc1)NC(=O)C(N)CC(N)=O)C(=O)NC(C(=O)O)C(C)C. The first-order valence-corrected chi connectivity index (χ1v) is 11.7. The van der Waals surface area contributed by atoms with Gasteiger partial charge < -0.3 is 37.6 Å². The summed E-state index contributed by atoms with van der Waals surface area (Å²) >= 11 is 0. The van der Waals surface area contributed by atoms with Crippen LogP contribution in [0.15, 0.2) is 24.3 Å². The second-order valence-electron chi connectivity index (χ2n) is 9.47. The second-order valence-corrected chi connectivity index (χ2v) is 9.47. The first kappa shape index (κ1) is 30.4. The summed E-state index contributed by atoms with van der Waals surface area (Å²) in [6, 6.07) is 1.25. The predicted molar refractivity (Wildman–Crippen MR) is 131 cm³/mol. The van der Waals surface area contributed by atoms with Gasteiger partial charge in [0.15, 0.2) is 0 Å². The molecule has 4 amide bonds. The molecule has 0 radical (unpaired) electrons. The van der Waals surface area contributed by atoms with Crippen LogP contribution in [-0.2, 0) is 30.4 Å². The number of phenols is 1. The van der Waals surface area contributed by atoms with Crippen molar-refractivity contribution in [1.29, 1.82) is 0 Å². The van der Waals surface area contributed by atoms with E-state index in [0.717, 1.165) is 0 Å². The van der Waals surface area contributed by atoms with Crippen LogP contribution in [0, 0.1) is 11.8 Å². The third-order valence-electron chi connectivity index (χ3n) is 5.34. The molecular weight excluding hydrogens is 470 g/mol. The minimum Gasteiger partial charge on any atom is -0.508 e. The van der Waals surface area contributed by atoms with Crippen LogP contribution < -0.4 is 27.4 Å². The maximum atomic E-state index is 13.2. The first-order chi connectivity index (χ1) is 16.7. The third kappa shape index (κ3) is 10.3. The highest BCUT2D eigenvalue weighted by atomic mass is 16.4. The highest BCUT2D eigenvalue weighted by molar-refractivity contribution is 5.95. The first-order valence-electron chi connectivity index (χ1n) is 11.7. The largest absolute Gasteiger partial charge is 0.508 e. The lowest BCUT2D eigenvalue weighted by Gasteiger charge is -2.27. The van der Waals surface area contributed by atoms with E-state index < -0.39 is 66.1 Å². The molecule has 36 heavy (non-hydrogen) atoms. The number of carboxylic acids is 1. The van der Waals surface area contributed by atoms with Gasteiger partial charge in [0.25, 0.3) is 0 Å². The fourth-order valence-electron chi connectivity index (χ4n) is 3.41. The third-order valence-corrected chi connectivity index (χ3v) is 5.34. The monoisotopic (exact) mass is 507 g/mol. The molecule has 0 aliphatic rings. The van der Waals surface area contributed by atoms with Gasteiger partial charge >= 0.3 is 5.97 Å². The smallest absolute Gasteiger partial charge is 0.326 e. The van der Waals surface area contributed by atoms with Crippen molar-refractivity contribution in [1.82, 2.24) is 16.0 Å². The van der Waals surface area contributed by atoms with E-state index in [1.54, 1.807) is 26.0 Å². The summed E-state index contributed by atoms with van der Waals surface area (Å²) < 4.78 is 0. The number of aliphatic carboxylic acids is 1. The summed E-state index contributed by atoms with van der Waals surface area (Å²) in [5.74, 6) is -4.56. The number of nitrogens with one attached hydrogen (secondary N) is 3. The zero-order chi connectivity index (χ0) is 27.6. The number of benzene rings is 1. The number of hydrogen-bond acceptors (Lipinski definition) is 7. The molecule has 0 aliphatic carbocycles. The van der Waals surface area contributed by atoms with E-state index in [1.165, 1.54) is 12.1 Å². The average Bonchev–Trinajstić information content (AvgIpc) is 2.76. The van der Waals surface area contributed by atoms with Crippen LogP contribution in [0.3, 0.4) is 0 Å². The Morgan fingerprint density at radius 3 is 1.86 bits per heavy atom. The van der Waals surface area contributed by atoms with Crippen LogP contribution in [0.4, 0.5) is 0 Å². The normalized spacial score (nSPS) is 14.4. The molecule has 0 fully saturated rings. The van der Waals surface area contributed by atoms with Gasteiger partial charge in [0.05, 0.1) is 12.5 Å². The molecule has 4 unspecified atom stereocenters. The molecule has 12 heteroatoms. The minimum absolute atomic E-state index is 0.0130. The van der Waals surface area contributed by atoms with Gasteiger partial charge in [-0.15, -0.1) is 0 Å². The lowest BCUT2D eigenvalue weighted by Crippen LogP contribution is -2.58. The van der Waals surface area contributed by atoms with Crippen molar-refractivity contribution >= 4 is 29.6 Å². The number of rotatable bonds is 14. The Labute approximate surface area is 210 Å². The Morgan fingerprint density at radius 1 is 0.861 bits per heavy atom. The van der Waals surface area contributed by atoms with Crippen molar-refractivity contribution < 1.29 is 34.2 Å². The quantitative estimate of drug-likeness (QED) is 0.172. The fourth-order valence-corrected chi connectivity index (χ4v) is 3.41. The van der Waals surface area contributed by atoms with Gasteiger partial charge in [-0.1, -0.05) is 39.8 Å². The number of phenolic OH excluding ortho intramolecular Hbond substituents is 1. The lowest BCUT2D eigenvalue weighted by atomic mass is 9.99. The van der Waals surface area contributed by atoms with Crippen LogP contribution in [0.2, 0.25) is 0 Å². The summed E-state index contributed by atoms with van der Waals surface area (Å²) in [4.78, 5) is 61.4. The molecule has 12 nitrogen and oxygen atoms in total. The molecule has 0 spiro atoms. The van der Waals surface area contributed by atoms with Crippen molar-refractivity contribution in [2.24, 2.45) is 23.3 Å². The Balaban J connectivity index is 3.15. The molecule has 0 saturated carbocycles. The van der Waals surface area contributed by atoms with E-state index in [1.807, 2.05) is 13.8 Å². The molecule has 0 saturated heterocycles. The summed E-state index contributed by atoms with van der Waals surface area (Å²) in [7, 11) is 0. The van der Waals surface area contributed by atoms with E-state index >= 15 is 0 Å². The van der Waals surface area contributed by atoms with E-state index in [9.17, 15) is 34.2 Å². The molecule has 0 heterocycles. The van der Waals surface area contributed by atoms with Crippen LogP contribution in [0.25, 0.3) is 0 Å². The molecule has 1 aromatic rings. The van der Waals surface area contributed by atoms with Gasteiger partial charge in [-0.05, 0) is 36.0 Å². The van der Waals surface area contributed by atoms with Crippen LogP contribution in [0.1, 0.15) is 46.1 Å². The summed E-state index contributed by atoms with van der Waals surface area (Å²) in [5.41, 5.74) is 11.4. The van der Waals surface area contributed by atoms with E-state index in [0.29, 0.717) is 5.56 Å². The predicted octanol–water partition coefficient (Wildman–Crippen LogP) is -0.621. The zero-order valence-corrected chi connectivity index (χ0v) is 21.0. The van der Waals surface area contributed by atoms with E-state index in [2.05, 4.69) is 16.0 Å². The lowest BCUT2D eigenvalue weighted by molar-refractivity contribution is -0.143. The standard InChI is InChI=1S/C24H37N5O7/c1-12(2)9-17(23(34)29-20(13(3)4)24(35)36)28-22(33)18(10-14-5-7-15(30)8-6-14)27-21(32)16(25)11-19(26)31/h5-8,12-13,16-18,20,30H,9-11,25H2,1-4H3,(H2,26,31)(H,27,32)(H,28,33)(H,29,34)(H,35,36). The second kappa shape index (κ2) is 14.0. The van der Waals surface area contributed by atoms with Crippen molar-refractivity contribution in [2.45, 2.75) is 71.1 Å². The molecule has 1 aromatic carbocycles. The van der Waals surface area contributed by atoms with Crippen LogP contribution in [-0.4, -0.2) is 64.0 Å². The van der Waals surface area contributed by atoms with Crippen molar-refractivity contribution in [3.63, 3.8) is 0 Å². The van der Waals surface area contributed by atoms with E-state index in [-0.39, 0.29) is 24.5 Å². The number of carbonyl (C=O) groups is 5. The highest BCUT2D eigenvalue weighted by Gasteiger charge is 2.32. The maximum absolute atomic E-state index is 13.2. The molecule has 1 rings (SSSR count). The maximum Gasteiger partial charge on any atom is 0.326 e. The minimum atomic E-state index is -1.28. The average molecular weight is 508 g/mol. The van der Waals surface area contributed by atoms with Crippen molar-refractivity contribution in [3.8, 4) is 5.75 Å². The fraction of sp³-hybridized carbons (Fsp3) is 0.542. The Kier molecular flexibility index (Phi) is 11.8. The van der Waals surface area contributed by atoms with Crippen molar-refractivity contribution in [2.75, 3.05) is 0 Å². The number of nitrogens with two attached hydrogens (primary N) is 2. The molecule has 200 valence electrons. The van der Waals surface area contributed by atoms with Gasteiger partial charge in [-0.3, -0.25) is 19.2 Å². The van der Waals surface area contributed by atoms with Gasteiger partial charge in [0.2, 0.25) is 23.6 Å². The van der Waals surface area contributed by atoms with Crippen LogP contribution in [0.5, 0.6) is 5.75 Å². The number of carboxylic acid groups (broad SMARTS) is 1. The topological polar surface area (TPSA) is 214 Å². The summed E-state index contributed by atoms with van der Waals surface area (Å²) in [6.45, 7) is 6.96. The number of aromatic hydroxyl groups is 1. The van der Waals surface area contributed by atoms with Gasteiger partial charge in [0, 0.05) is 6.42 Å². The number of amides is 4. The highest BCUT2D eigenvalue weighted by Crippen LogP contribution is 2.13. The summed E-state index contributed by atoms with van der Waals surface area (Å²) in [5, 5.41) is 26.5. The molecule has 4 atom stereocenters. The number of carbonyl (C=O) groups excluding carboxylic acids is 4. The van der Waals surface area contributed by atoms with Crippen LogP contribution >= 0.6 is 0 Å². The zero-order valence-electron chi connectivity index (χ0n) is 21.0. The van der Waals surface area contributed by atoms with Crippen molar-refractivity contribution in [3.05, 3.63) is 29.8 Å². The van der Waals surface area contributed by atoms with Gasteiger partial charge in [0.1, 0.15) is 23.9 Å². The van der Waals surface area contributed by atoms with E-state index in [4.69, 9.17) is 11.5 Å². The Hall–Kier alpha value is -3.67.